The molecule has 0 radical (unpaired) electrons. The molecular weight excluding hydrogens is 384 g/mol. The quantitative estimate of drug-likeness (QED) is 0.293. The van der Waals surface area contributed by atoms with Crippen LogP contribution in [0.25, 0.3) is 11.0 Å². The van der Waals surface area contributed by atoms with E-state index in [0.717, 1.165) is 47.7 Å². The van der Waals surface area contributed by atoms with Crippen LogP contribution in [0.2, 0.25) is 0 Å². The minimum Gasteiger partial charge on any atom is -0.494 e. The fourth-order valence-electron chi connectivity index (χ4n) is 3.82. The first-order valence-electron chi connectivity index (χ1n) is 11.0. The molecule has 160 valence electrons. The smallest absolute Gasteiger partial charge is 0.153 e. The predicted molar refractivity (Wildman–Crippen MR) is 126 cm³/mol. The molecule has 3 aromatic carbocycles. The van der Waals surface area contributed by atoms with Gasteiger partial charge in [0.25, 0.3) is 0 Å². The second-order valence-corrected chi connectivity index (χ2v) is 7.89. The minimum absolute atomic E-state index is 0.156. The van der Waals surface area contributed by atoms with E-state index >= 15 is 0 Å². The Kier molecular flexibility index (Phi) is 6.56. The molecule has 0 saturated carbocycles. The topological polar surface area (TPSA) is 36.3 Å². The predicted octanol–water partition coefficient (Wildman–Crippen LogP) is 6.52. The van der Waals surface area contributed by atoms with Gasteiger partial charge in [0, 0.05) is 6.54 Å². The fourth-order valence-corrected chi connectivity index (χ4v) is 3.82. The molecule has 0 aliphatic heterocycles. The van der Waals surface area contributed by atoms with Crippen LogP contribution >= 0.6 is 0 Å². The molecule has 0 saturated heterocycles. The van der Waals surface area contributed by atoms with Gasteiger partial charge >= 0.3 is 0 Å². The maximum atomic E-state index is 6.23. The molecule has 1 unspecified atom stereocenters. The molecule has 31 heavy (non-hydrogen) atoms. The molecule has 1 heterocycles. The first-order valence-corrected chi connectivity index (χ1v) is 11.0. The van der Waals surface area contributed by atoms with Gasteiger partial charge in [0.15, 0.2) is 11.9 Å². The number of aromatic nitrogens is 2. The zero-order valence-corrected chi connectivity index (χ0v) is 18.5. The zero-order chi connectivity index (χ0) is 21.6. The first-order chi connectivity index (χ1) is 15.1. The third-order valence-corrected chi connectivity index (χ3v) is 5.48. The molecular formula is C27H30N2O2. The molecule has 1 aromatic heterocycles. The summed E-state index contributed by atoms with van der Waals surface area (Å²) in [6, 6.07) is 24.8. The van der Waals surface area contributed by atoms with E-state index in [1.165, 1.54) is 11.1 Å². The van der Waals surface area contributed by atoms with Crippen molar-refractivity contribution < 1.29 is 9.47 Å². The number of imidazole rings is 1. The van der Waals surface area contributed by atoms with Gasteiger partial charge in [0.1, 0.15) is 11.5 Å². The van der Waals surface area contributed by atoms with E-state index in [2.05, 4.69) is 79.9 Å². The Balaban J connectivity index is 1.46. The van der Waals surface area contributed by atoms with Crippen molar-refractivity contribution in [1.82, 2.24) is 9.55 Å². The fraction of sp³-hybridized carbons (Fsp3) is 0.296. The molecule has 4 aromatic rings. The van der Waals surface area contributed by atoms with Gasteiger partial charge in [0.2, 0.25) is 0 Å². The van der Waals surface area contributed by atoms with E-state index in [1.807, 2.05) is 18.2 Å². The molecule has 0 bridgehead atoms. The molecule has 0 amide bonds. The van der Waals surface area contributed by atoms with Crippen LogP contribution in [0.5, 0.6) is 11.5 Å². The van der Waals surface area contributed by atoms with Gasteiger partial charge in [-0.2, -0.15) is 0 Å². The molecule has 0 spiro atoms. The number of rotatable bonds is 9. The van der Waals surface area contributed by atoms with Crippen molar-refractivity contribution in [1.29, 1.82) is 0 Å². The summed E-state index contributed by atoms with van der Waals surface area (Å²) in [5.74, 6) is 2.73. The number of hydrogen-bond donors (Lipinski definition) is 0. The summed E-state index contributed by atoms with van der Waals surface area (Å²) < 4.78 is 14.5. The lowest BCUT2D eigenvalue weighted by atomic mass is 10.2. The highest BCUT2D eigenvalue weighted by Crippen LogP contribution is 2.26. The van der Waals surface area contributed by atoms with Crippen molar-refractivity contribution in [3.8, 4) is 11.5 Å². The van der Waals surface area contributed by atoms with Crippen molar-refractivity contribution in [2.24, 2.45) is 0 Å². The second-order valence-electron chi connectivity index (χ2n) is 7.89. The Hall–Kier alpha value is -3.27. The third-order valence-electron chi connectivity index (χ3n) is 5.48. The van der Waals surface area contributed by atoms with Crippen molar-refractivity contribution >= 4 is 11.0 Å². The molecule has 4 nitrogen and oxygen atoms in total. The van der Waals surface area contributed by atoms with Gasteiger partial charge in [-0.15, -0.1) is 0 Å². The Morgan fingerprint density at radius 1 is 0.935 bits per heavy atom. The number of ether oxygens (including phenoxy) is 2. The van der Waals surface area contributed by atoms with Crippen LogP contribution in [0.15, 0.2) is 72.8 Å². The lowest BCUT2D eigenvalue weighted by Crippen LogP contribution is -2.13. The Labute approximate surface area is 184 Å². The largest absolute Gasteiger partial charge is 0.494 e. The lowest BCUT2D eigenvalue weighted by Gasteiger charge is -2.17. The van der Waals surface area contributed by atoms with E-state index in [-0.39, 0.29) is 6.10 Å². The summed E-state index contributed by atoms with van der Waals surface area (Å²) in [6.07, 6.45) is 1.77. The average molecular weight is 415 g/mol. The van der Waals surface area contributed by atoms with E-state index in [0.29, 0.717) is 6.61 Å². The van der Waals surface area contributed by atoms with Gasteiger partial charge in [-0.05, 0) is 74.2 Å². The average Bonchev–Trinajstić information content (AvgIpc) is 3.16. The number of benzene rings is 3. The minimum atomic E-state index is -0.156. The summed E-state index contributed by atoms with van der Waals surface area (Å²) >= 11 is 0. The molecule has 0 aliphatic carbocycles. The zero-order valence-electron chi connectivity index (χ0n) is 18.5. The molecule has 0 N–H and O–H groups in total. The number of aryl methyl sites for hydroxylation is 3. The van der Waals surface area contributed by atoms with Crippen LogP contribution in [0.1, 0.15) is 43.3 Å². The van der Waals surface area contributed by atoms with E-state index in [9.17, 15) is 0 Å². The summed E-state index contributed by atoms with van der Waals surface area (Å²) in [7, 11) is 0. The van der Waals surface area contributed by atoms with Crippen LogP contribution in [-0.4, -0.2) is 16.2 Å². The Morgan fingerprint density at radius 2 is 1.74 bits per heavy atom. The summed E-state index contributed by atoms with van der Waals surface area (Å²) in [5.41, 5.74) is 4.63. The monoisotopic (exact) mass is 414 g/mol. The number of nitrogens with zero attached hydrogens (tertiary/aromatic N) is 2. The van der Waals surface area contributed by atoms with Crippen LogP contribution in [0.4, 0.5) is 0 Å². The van der Waals surface area contributed by atoms with Gasteiger partial charge in [-0.1, -0.05) is 43.3 Å². The van der Waals surface area contributed by atoms with Crippen LogP contribution in [0.3, 0.4) is 0 Å². The highest BCUT2D eigenvalue weighted by Gasteiger charge is 2.18. The highest BCUT2D eigenvalue weighted by molar-refractivity contribution is 5.76. The summed E-state index contributed by atoms with van der Waals surface area (Å²) in [5, 5.41) is 0. The van der Waals surface area contributed by atoms with Crippen LogP contribution < -0.4 is 9.47 Å². The first kappa shape index (κ1) is 21.0. The lowest BCUT2D eigenvalue weighted by molar-refractivity contribution is 0.210. The van der Waals surface area contributed by atoms with Gasteiger partial charge in [-0.25, -0.2) is 4.98 Å². The normalized spacial score (nSPS) is 12.1. The van der Waals surface area contributed by atoms with Crippen molar-refractivity contribution in [3.63, 3.8) is 0 Å². The van der Waals surface area contributed by atoms with Gasteiger partial charge in [0.05, 0.1) is 17.6 Å². The maximum absolute atomic E-state index is 6.23. The van der Waals surface area contributed by atoms with Crippen molar-refractivity contribution in [3.05, 3.63) is 89.7 Å². The van der Waals surface area contributed by atoms with E-state index in [1.54, 1.807) is 0 Å². The molecule has 1 atom stereocenters. The maximum Gasteiger partial charge on any atom is 0.153 e. The van der Waals surface area contributed by atoms with E-state index in [4.69, 9.17) is 14.5 Å². The number of hydrogen-bond acceptors (Lipinski definition) is 3. The number of para-hydroxylation sites is 2. The van der Waals surface area contributed by atoms with Crippen molar-refractivity contribution in [2.45, 2.75) is 46.3 Å². The standard InChI is InChI=1S/C27H30N2O2/c1-4-22-13-15-23(16-14-22)30-18-8-17-29-26-12-6-5-11-25(26)28-27(29)21(3)31-24-10-7-9-20(2)19-24/h5-7,9-16,19,21H,4,8,17-18H2,1-3H3. The Morgan fingerprint density at radius 3 is 2.52 bits per heavy atom. The highest BCUT2D eigenvalue weighted by atomic mass is 16.5. The molecule has 0 fully saturated rings. The summed E-state index contributed by atoms with van der Waals surface area (Å²) in [6.45, 7) is 7.77. The summed E-state index contributed by atoms with van der Waals surface area (Å²) in [4.78, 5) is 4.88. The molecule has 4 heteroatoms. The molecule has 0 aliphatic rings. The SMILES string of the molecule is CCc1ccc(OCCCn2c(C(C)Oc3cccc(C)c3)nc3ccccc32)cc1. The van der Waals surface area contributed by atoms with Gasteiger partial charge < -0.3 is 14.0 Å². The third kappa shape index (κ3) is 5.08. The molecule has 4 rings (SSSR count). The van der Waals surface area contributed by atoms with E-state index < -0.39 is 0 Å². The number of fused-ring (bicyclic) bond motifs is 1. The second kappa shape index (κ2) is 9.69. The van der Waals surface area contributed by atoms with Crippen molar-refractivity contribution in [2.75, 3.05) is 6.61 Å². The van der Waals surface area contributed by atoms with Crippen LogP contribution in [0, 0.1) is 6.92 Å². The van der Waals surface area contributed by atoms with Crippen LogP contribution in [-0.2, 0) is 13.0 Å². The van der Waals surface area contributed by atoms with Gasteiger partial charge in [-0.3, -0.25) is 0 Å². The Bertz CT molecular complexity index is 1130.